The fourth-order valence-corrected chi connectivity index (χ4v) is 3.01. The summed E-state index contributed by atoms with van der Waals surface area (Å²) < 4.78 is 0. The first-order valence-electron chi connectivity index (χ1n) is 8.04. The van der Waals surface area contributed by atoms with Gasteiger partial charge in [-0.25, -0.2) is 15.0 Å². The summed E-state index contributed by atoms with van der Waals surface area (Å²) in [5.41, 5.74) is 0.964. The van der Waals surface area contributed by atoms with E-state index < -0.39 is 0 Å². The van der Waals surface area contributed by atoms with Gasteiger partial charge in [0.25, 0.3) is 0 Å². The molecule has 24 heavy (non-hydrogen) atoms. The van der Waals surface area contributed by atoms with Crippen LogP contribution in [0.3, 0.4) is 0 Å². The van der Waals surface area contributed by atoms with E-state index in [9.17, 15) is 10.2 Å². The summed E-state index contributed by atoms with van der Waals surface area (Å²) in [6.07, 6.45) is 5.82. The van der Waals surface area contributed by atoms with Crippen molar-refractivity contribution in [3.05, 3.63) is 36.2 Å². The van der Waals surface area contributed by atoms with Crippen LogP contribution in [0, 0.1) is 6.92 Å². The molecule has 8 nitrogen and oxygen atoms in total. The molecule has 1 atom stereocenters. The molecule has 0 aromatic carbocycles. The van der Waals surface area contributed by atoms with Crippen LogP contribution in [0.15, 0.2) is 24.7 Å². The van der Waals surface area contributed by atoms with Gasteiger partial charge in [0.1, 0.15) is 17.5 Å². The van der Waals surface area contributed by atoms with Crippen LogP contribution < -0.4 is 5.32 Å². The molecule has 1 saturated heterocycles. The molecule has 1 fully saturated rings. The molecule has 3 N–H and O–H groups in total. The van der Waals surface area contributed by atoms with E-state index in [2.05, 4.69) is 30.2 Å². The molecule has 0 bridgehead atoms. The number of nitrogens with one attached hydrogen (secondary N) is 1. The molecule has 1 aliphatic rings. The zero-order valence-corrected chi connectivity index (χ0v) is 13.6. The number of nitrogens with zero attached hydrogens (tertiary/aromatic N) is 5. The zero-order valence-electron chi connectivity index (χ0n) is 13.6. The number of aliphatic hydroxyl groups excluding tert-OH is 2. The minimum Gasteiger partial charge on any atom is -0.395 e. The SMILES string of the molecule is Cc1nc(Nc2cnccn2)cc([C@@H]2CCN(C(CO)CO)C2)n1. The van der Waals surface area contributed by atoms with Crippen molar-refractivity contribution in [1.29, 1.82) is 0 Å². The average Bonchev–Trinajstić information content (AvgIpc) is 3.06. The standard InChI is InChI=1S/C16H22N6O2/c1-11-19-14(12-2-5-22(8-12)13(9-23)10-24)6-15(20-11)21-16-7-17-3-4-18-16/h3-4,6-7,12-13,23-24H,2,5,8-10H2,1H3,(H,18,19,20,21)/t12-/m1/s1. The average molecular weight is 330 g/mol. The molecule has 0 radical (unpaired) electrons. The Balaban J connectivity index is 1.75. The largest absolute Gasteiger partial charge is 0.395 e. The molecule has 0 saturated carbocycles. The molecule has 0 amide bonds. The van der Waals surface area contributed by atoms with Gasteiger partial charge in [0, 0.05) is 30.9 Å². The van der Waals surface area contributed by atoms with Crippen molar-refractivity contribution < 1.29 is 10.2 Å². The van der Waals surface area contributed by atoms with E-state index in [0.29, 0.717) is 17.5 Å². The minimum absolute atomic E-state index is 0.0362. The third-order valence-electron chi connectivity index (χ3n) is 4.25. The third kappa shape index (κ3) is 3.84. The van der Waals surface area contributed by atoms with Crippen molar-refractivity contribution in [2.24, 2.45) is 0 Å². The van der Waals surface area contributed by atoms with Gasteiger partial charge in [-0.15, -0.1) is 0 Å². The molecular weight excluding hydrogens is 308 g/mol. The lowest BCUT2D eigenvalue weighted by molar-refractivity contribution is 0.0896. The molecule has 2 aromatic rings. The number of aryl methyl sites for hydroxylation is 1. The molecule has 3 heterocycles. The highest BCUT2D eigenvalue weighted by atomic mass is 16.3. The van der Waals surface area contributed by atoms with Gasteiger partial charge in [-0.05, 0) is 19.9 Å². The van der Waals surface area contributed by atoms with Crippen LogP contribution in [-0.2, 0) is 0 Å². The number of rotatable bonds is 6. The topological polar surface area (TPSA) is 107 Å². The van der Waals surface area contributed by atoms with Gasteiger partial charge in [-0.3, -0.25) is 9.88 Å². The first-order chi connectivity index (χ1) is 11.7. The molecular formula is C16H22N6O2. The van der Waals surface area contributed by atoms with Crippen LogP contribution in [-0.4, -0.2) is 67.4 Å². The van der Waals surface area contributed by atoms with E-state index in [1.165, 1.54) is 0 Å². The summed E-state index contributed by atoms with van der Waals surface area (Å²) in [4.78, 5) is 19.3. The van der Waals surface area contributed by atoms with Crippen LogP contribution in [0.4, 0.5) is 11.6 Å². The molecule has 3 rings (SSSR count). The van der Waals surface area contributed by atoms with E-state index in [1.807, 2.05) is 13.0 Å². The van der Waals surface area contributed by atoms with Gasteiger partial charge in [0.15, 0.2) is 0 Å². The lowest BCUT2D eigenvalue weighted by Crippen LogP contribution is -2.38. The van der Waals surface area contributed by atoms with Crippen molar-refractivity contribution in [2.75, 3.05) is 31.6 Å². The predicted octanol–water partition coefficient (Wildman–Crippen LogP) is 0.461. The third-order valence-corrected chi connectivity index (χ3v) is 4.25. The Morgan fingerprint density at radius 3 is 2.79 bits per heavy atom. The molecule has 0 unspecified atom stereocenters. The Kier molecular flexibility index (Phi) is 5.29. The zero-order chi connectivity index (χ0) is 16.9. The van der Waals surface area contributed by atoms with E-state index in [4.69, 9.17) is 0 Å². The molecule has 128 valence electrons. The number of likely N-dealkylation sites (tertiary alicyclic amines) is 1. The quantitative estimate of drug-likeness (QED) is 0.701. The number of aromatic nitrogens is 4. The first-order valence-corrected chi connectivity index (χ1v) is 8.04. The Labute approximate surface area is 140 Å². The highest BCUT2D eigenvalue weighted by Gasteiger charge is 2.29. The lowest BCUT2D eigenvalue weighted by atomic mass is 10.0. The summed E-state index contributed by atoms with van der Waals surface area (Å²) in [6, 6.07) is 1.73. The number of aliphatic hydroxyl groups is 2. The molecule has 0 spiro atoms. The lowest BCUT2D eigenvalue weighted by Gasteiger charge is -2.24. The van der Waals surface area contributed by atoms with Gasteiger partial charge < -0.3 is 15.5 Å². The molecule has 2 aromatic heterocycles. The van der Waals surface area contributed by atoms with Gasteiger partial charge in [0.05, 0.1) is 31.1 Å². The van der Waals surface area contributed by atoms with Crippen LogP contribution in [0.25, 0.3) is 0 Å². The minimum atomic E-state index is -0.199. The molecule has 1 aliphatic heterocycles. The summed E-state index contributed by atoms with van der Waals surface area (Å²) in [5, 5.41) is 21.8. The van der Waals surface area contributed by atoms with Gasteiger partial charge >= 0.3 is 0 Å². The van der Waals surface area contributed by atoms with Gasteiger partial charge in [0.2, 0.25) is 0 Å². The smallest absolute Gasteiger partial charge is 0.150 e. The van der Waals surface area contributed by atoms with Crippen molar-refractivity contribution in [1.82, 2.24) is 24.8 Å². The maximum Gasteiger partial charge on any atom is 0.150 e. The maximum atomic E-state index is 9.35. The normalized spacial score (nSPS) is 18.2. The second-order valence-corrected chi connectivity index (χ2v) is 5.94. The first kappa shape index (κ1) is 16.7. The van der Waals surface area contributed by atoms with Crippen molar-refractivity contribution in [3.63, 3.8) is 0 Å². The fourth-order valence-electron chi connectivity index (χ4n) is 3.01. The highest BCUT2D eigenvalue weighted by molar-refractivity contribution is 5.50. The van der Waals surface area contributed by atoms with Crippen LogP contribution in [0.5, 0.6) is 0 Å². The Hall–Kier alpha value is -2.16. The second kappa shape index (κ2) is 7.61. The number of anilines is 2. The van der Waals surface area contributed by atoms with Crippen molar-refractivity contribution in [3.8, 4) is 0 Å². The predicted molar refractivity (Wildman–Crippen MR) is 89.0 cm³/mol. The van der Waals surface area contributed by atoms with Gasteiger partial charge in [-0.1, -0.05) is 0 Å². The molecule has 0 aliphatic carbocycles. The van der Waals surface area contributed by atoms with Crippen molar-refractivity contribution in [2.45, 2.75) is 25.3 Å². The van der Waals surface area contributed by atoms with Crippen LogP contribution in [0.2, 0.25) is 0 Å². The Morgan fingerprint density at radius 2 is 2.08 bits per heavy atom. The van der Waals surface area contributed by atoms with Crippen LogP contribution >= 0.6 is 0 Å². The van der Waals surface area contributed by atoms with E-state index in [1.54, 1.807) is 18.6 Å². The number of hydrogen-bond acceptors (Lipinski definition) is 8. The molecule has 8 heteroatoms. The summed E-state index contributed by atoms with van der Waals surface area (Å²) in [5.74, 6) is 2.28. The van der Waals surface area contributed by atoms with E-state index in [-0.39, 0.29) is 25.2 Å². The van der Waals surface area contributed by atoms with E-state index >= 15 is 0 Å². The Bertz CT molecular complexity index is 665. The Morgan fingerprint density at radius 1 is 1.25 bits per heavy atom. The fraction of sp³-hybridized carbons (Fsp3) is 0.500. The van der Waals surface area contributed by atoms with Crippen molar-refractivity contribution >= 4 is 11.6 Å². The highest BCUT2D eigenvalue weighted by Crippen LogP contribution is 2.28. The maximum absolute atomic E-state index is 9.35. The summed E-state index contributed by atoms with van der Waals surface area (Å²) in [7, 11) is 0. The summed E-state index contributed by atoms with van der Waals surface area (Å²) in [6.45, 7) is 3.40. The monoisotopic (exact) mass is 330 g/mol. The van der Waals surface area contributed by atoms with Gasteiger partial charge in [-0.2, -0.15) is 0 Å². The number of hydrogen-bond donors (Lipinski definition) is 3. The van der Waals surface area contributed by atoms with Crippen LogP contribution in [0.1, 0.15) is 23.9 Å². The van der Waals surface area contributed by atoms with E-state index in [0.717, 1.165) is 25.2 Å². The summed E-state index contributed by atoms with van der Waals surface area (Å²) >= 11 is 0. The second-order valence-electron chi connectivity index (χ2n) is 5.94.